The van der Waals surface area contributed by atoms with Crippen LogP contribution in [0.5, 0.6) is 0 Å². The SMILES string of the molecule is CC(NS(=O)(=O)CCN1CCNCC1)c1cccs1. The van der Waals surface area contributed by atoms with Crippen molar-refractivity contribution in [2.24, 2.45) is 0 Å². The first-order valence-corrected chi connectivity index (χ1v) is 9.06. The largest absolute Gasteiger partial charge is 0.314 e. The zero-order valence-corrected chi connectivity index (χ0v) is 12.8. The van der Waals surface area contributed by atoms with Gasteiger partial charge < -0.3 is 5.32 Å². The first-order chi connectivity index (χ1) is 9.07. The Kier molecular flexibility index (Phi) is 5.35. The van der Waals surface area contributed by atoms with Crippen molar-refractivity contribution in [3.63, 3.8) is 0 Å². The highest BCUT2D eigenvalue weighted by Gasteiger charge is 2.18. The number of piperazine rings is 1. The van der Waals surface area contributed by atoms with Gasteiger partial charge in [0.1, 0.15) is 0 Å². The van der Waals surface area contributed by atoms with E-state index < -0.39 is 10.0 Å². The van der Waals surface area contributed by atoms with E-state index in [9.17, 15) is 8.42 Å². The lowest BCUT2D eigenvalue weighted by Crippen LogP contribution is -2.46. The van der Waals surface area contributed by atoms with Crippen LogP contribution in [0.3, 0.4) is 0 Å². The molecule has 1 aliphatic heterocycles. The summed E-state index contributed by atoms with van der Waals surface area (Å²) in [5, 5.41) is 5.22. The monoisotopic (exact) mass is 303 g/mol. The molecular formula is C12H21N3O2S2. The summed E-state index contributed by atoms with van der Waals surface area (Å²) in [5.41, 5.74) is 0. The van der Waals surface area contributed by atoms with Gasteiger partial charge in [-0.2, -0.15) is 0 Å². The first-order valence-electron chi connectivity index (χ1n) is 6.53. The quantitative estimate of drug-likeness (QED) is 0.809. The van der Waals surface area contributed by atoms with Crippen LogP contribution in [0.1, 0.15) is 17.8 Å². The average molecular weight is 303 g/mol. The van der Waals surface area contributed by atoms with Crippen LogP contribution >= 0.6 is 11.3 Å². The van der Waals surface area contributed by atoms with E-state index >= 15 is 0 Å². The van der Waals surface area contributed by atoms with Gasteiger partial charge in [-0.3, -0.25) is 4.90 Å². The maximum absolute atomic E-state index is 12.0. The van der Waals surface area contributed by atoms with E-state index in [0.29, 0.717) is 6.54 Å². The van der Waals surface area contributed by atoms with Crippen molar-refractivity contribution in [2.75, 3.05) is 38.5 Å². The number of nitrogens with zero attached hydrogens (tertiary/aromatic N) is 1. The lowest BCUT2D eigenvalue weighted by molar-refractivity contribution is 0.253. The minimum absolute atomic E-state index is 0.145. The van der Waals surface area contributed by atoms with Gasteiger partial charge in [-0.05, 0) is 18.4 Å². The molecule has 0 aromatic carbocycles. The standard InChI is InChI=1S/C12H21N3O2S2/c1-11(12-3-2-9-18-12)14-19(16,17)10-8-15-6-4-13-5-7-15/h2-3,9,11,13-14H,4-8,10H2,1H3. The van der Waals surface area contributed by atoms with Crippen molar-refractivity contribution >= 4 is 21.4 Å². The molecule has 108 valence electrons. The summed E-state index contributed by atoms with van der Waals surface area (Å²) in [4.78, 5) is 3.23. The Balaban J connectivity index is 1.81. The second kappa shape index (κ2) is 6.81. The van der Waals surface area contributed by atoms with Gasteiger partial charge in [-0.15, -0.1) is 11.3 Å². The maximum Gasteiger partial charge on any atom is 0.213 e. The highest BCUT2D eigenvalue weighted by atomic mass is 32.2. The van der Waals surface area contributed by atoms with Gasteiger partial charge in [-0.25, -0.2) is 13.1 Å². The zero-order valence-electron chi connectivity index (χ0n) is 11.1. The Morgan fingerprint density at radius 3 is 2.84 bits per heavy atom. The summed E-state index contributed by atoms with van der Waals surface area (Å²) < 4.78 is 26.8. The van der Waals surface area contributed by atoms with Crippen molar-refractivity contribution in [3.8, 4) is 0 Å². The van der Waals surface area contributed by atoms with Gasteiger partial charge in [0.25, 0.3) is 0 Å². The van der Waals surface area contributed by atoms with Crippen LogP contribution in [0.2, 0.25) is 0 Å². The van der Waals surface area contributed by atoms with Gasteiger partial charge in [0, 0.05) is 37.6 Å². The lowest BCUT2D eigenvalue weighted by Gasteiger charge is -2.27. The minimum Gasteiger partial charge on any atom is -0.314 e. The van der Waals surface area contributed by atoms with Crippen LogP contribution in [0.25, 0.3) is 0 Å². The van der Waals surface area contributed by atoms with Gasteiger partial charge in [0.05, 0.1) is 11.8 Å². The maximum atomic E-state index is 12.0. The molecule has 5 nitrogen and oxygen atoms in total. The predicted octanol–water partition coefficient (Wildman–Crippen LogP) is 0.634. The Morgan fingerprint density at radius 1 is 1.47 bits per heavy atom. The van der Waals surface area contributed by atoms with Crippen molar-refractivity contribution in [1.29, 1.82) is 0 Å². The summed E-state index contributed by atoms with van der Waals surface area (Å²) in [6, 6.07) is 3.74. The molecule has 1 aromatic rings. The molecule has 1 unspecified atom stereocenters. The van der Waals surface area contributed by atoms with Gasteiger partial charge in [0.2, 0.25) is 10.0 Å². The Hall–Kier alpha value is -0.470. The summed E-state index contributed by atoms with van der Waals surface area (Å²) in [6.45, 7) is 6.23. The normalized spacial score (nSPS) is 19.4. The fourth-order valence-electron chi connectivity index (χ4n) is 2.11. The molecule has 0 radical (unpaired) electrons. The third kappa shape index (κ3) is 4.85. The van der Waals surface area contributed by atoms with E-state index in [4.69, 9.17) is 0 Å². The van der Waals surface area contributed by atoms with E-state index in [1.54, 1.807) is 11.3 Å². The van der Waals surface area contributed by atoms with E-state index in [1.807, 2.05) is 24.4 Å². The molecule has 1 aromatic heterocycles. The van der Waals surface area contributed by atoms with E-state index in [2.05, 4.69) is 14.9 Å². The molecule has 1 saturated heterocycles. The molecule has 19 heavy (non-hydrogen) atoms. The van der Waals surface area contributed by atoms with Gasteiger partial charge >= 0.3 is 0 Å². The molecule has 1 fully saturated rings. The molecule has 2 rings (SSSR count). The number of thiophene rings is 1. The average Bonchev–Trinajstić information content (AvgIpc) is 2.91. The van der Waals surface area contributed by atoms with Crippen molar-refractivity contribution < 1.29 is 8.42 Å². The molecule has 1 aliphatic rings. The fraction of sp³-hybridized carbons (Fsp3) is 0.667. The van der Waals surface area contributed by atoms with Crippen LogP contribution in [0.4, 0.5) is 0 Å². The molecule has 0 aliphatic carbocycles. The van der Waals surface area contributed by atoms with Crippen LogP contribution in [0, 0.1) is 0 Å². The molecule has 1 atom stereocenters. The molecule has 0 amide bonds. The zero-order chi connectivity index (χ0) is 13.7. The summed E-state index contributed by atoms with van der Waals surface area (Å²) in [5.74, 6) is 0.169. The molecular weight excluding hydrogens is 282 g/mol. The van der Waals surface area contributed by atoms with Crippen LogP contribution in [-0.2, 0) is 10.0 Å². The van der Waals surface area contributed by atoms with E-state index in [-0.39, 0.29) is 11.8 Å². The lowest BCUT2D eigenvalue weighted by atomic mass is 10.3. The molecule has 0 saturated carbocycles. The fourth-order valence-corrected chi connectivity index (χ4v) is 4.20. The minimum atomic E-state index is -3.21. The van der Waals surface area contributed by atoms with E-state index in [0.717, 1.165) is 31.1 Å². The number of hydrogen-bond acceptors (Lipinski definition) is 5. The van der Waals surface area contributed by atoms with Gasteiger partial charge in [0.15, 0.2) is 0 Å². The number of sulfonamides is 1. The number of nitrogens with one attached hydrogen (secondary N) is 2. The van der Waals surface area contributed by atoms with Gasteiger partial charge in [-0.1, -0.05) is 6.07 Å². The third-order valence-electron chi connectivity index (χ3n) is 3.21. The molecule has 7 heteroatoms. The summed E-state index contributed by atoms with van der Waals surface area (Å²) in [7, 11) is -3.21. The highest BCUT2D eigenvalue weighted by molar-refractivity contribution is 7.89. The second-order valence-electron chi connectivity index (χ2n) is 4.77. The molecule has 2 heterocycles. The first kappa shape index (κ1) is 14.9. The molecule has 2 N–H and O–H groups in total. The smallest absolute Gasteiger partial charge is 0.213 e. The van der Waals surface area contributed by atoms with E-state index in [1.165, 1.54) is 0 Å². The van der Waals surface area contributed by atoms with Crippen molar-refractivity contribution in [1.82, 2.24) is 14.9 Å². The number of hydrogen-bond donors (Lipinski definition) is 2. The van der Waals surface area contributed by atoms with Crippen molar-refractivity contribution in [2.45, 2.75) is 13.0 Å². The van der Waals surface area contributed by atoms with Crippen molar-refractivity contribution in [3.05, 3.63) is 22.4 Å². The molecule has 0 spiro atoms. The second-order valence-corrected chi connectivity index (χ2v) is 7.62. The Bertz CT molecular complexity index is 467. The van der Waals surface area contributed by atoms with Crippen LogP contribution in [-0.4, -0.2) is 51.8 Å². The third-order valence-corrected chi connectivity index (χ3v) is 5.70. The molecule has 0 bridgehead atoms. The summed E-state index contributed by atoms with van der Waals surface area (Å²) in [6.07, 6.45) is 0. The van der Waals surface area contributed by atoms with Crippen LogP contribution in [0.15, 0.2) is 17.5 Å². The predicted molar refractivity (Wildman–Crippen MR) is 79.0 cm³/mol. The Labute approximate surface area is 119 Å². The van der Waals surface area contributed by atoms with Crippen LogP contribution < -0.4 is 10.0 Å². The summed E-state index contributed by atoms with van der Waals surface area (Å²) >= 11 is 1.57. The number of rotatable bonds is 6. The Morgan fingerprint density at radius 2 is 2.21 bits per heavy atom. The topological polar surface area (TPSA) is 61.4 Å². The highest BCUT2D eigenvalue weighted by Crippen LogP contribution is 2.18.